The first kappa shape index (κ1) is 19.5. The van der Waals surface area contributed by atoms with E-state index in [1.165, 1.54) is 0 Å². The van der Waals surface area contributed by atoms with Crippen molar-refractivity contribution in [2.24, 2.45) is 0 Å². The summed E-state index contributed by atoms with van der Waals surface area (Å²) in [6.07, 6.45) is 0.998. The monoisotopic (exact) mass is 295 g/mol. The van der Waals surface area contributed by atoms with Crippen LogP contribution in [0.3, 0.4) is 0 Å². The molecule has 0 fully saturated rings. The maximum absolute atomic E-state index is 5.77. The minimum atomic E-state index is 0. The van der Waals surface area contributed by atoms with Crippen molar-refractivity contribution < 1.29 is 21.6 Å². The number of nitrogens with two attached hydrogens (primary N) is 2. The zero-order valence-corrected chi connectivity index (χ0v) is 12.7. The van der Waals surface area contributed by atoms with Crippen LogP contribution in [0.2, 0.25) is 0 Å². The van der Waals surface area contributed by atoms with Crippen molar-refractivity contribution in [3.63, 3.8) is 0 Å². The summed E-state index contributed by atoms with van der Waals surface area (Å²) in [5.41, 5.74) is 12.8. The zero-order chi connectivity index (χ0) is 12.2. The third-order valence-corrected chi connectivity index (χ3v) is 2.27. The van der Waals surface area contributed by atoms with Crippen LogP contribution < -0.4 is 28.6 Å². The van der Waals surface area contributed by atoms with Gasteiger partial charge in [-0.15, -0.1) is 12.4 Å². The van der Waals surface area contributed by atoms with Gasteiger partial charge in [0.1, 0.15) is 5.75 Å². The molecule has 1 rings (SSSR count). The normalized spacial score (nSPS) is 10.2. The van der Waals surface area contributed by atoms with E-state index in [-0.39, 0.29) is 24.8 Å². The van der Waals surface area contributed by atoms with Gasteiger partial charge in [-0.25, -0.2) is 0 Å². The fourth-order valence-electron chi connectivity index (χ4n) is 1.40. The zero-order valence-electron chi connectivity index (χ0n) is 11.1. The summed E-state index contributed by atoms with van der Waals surface area (Å²) >= 11 is 0. The van der Waals surface area contributed by atoms with E-state index in [0.717, 1.165) is 17.4 Å². The molecule has 0 aliphatic carbocycles. The summed E-state index contributed by atoms with van der Waals surface area (Å²) in [6, 6.07) is 5.31. The second kappa shape index (κ2) is 8.29. The first-order chi connectivity index (χ1) is 7.38. The van der Waals surface area contributed by atoms with E-state index in [2.05, 4.69) is 21.1 Å². The third-order valence-electron chi connectivity index (χ3n) is 2.27. The summed E-state index contributed by atoms with van der Waals surface area (Å²) in [5.74, 6) is 0.682. The van der Waals surface area contributed by atoms with Crippen LogP contribution in [0.15, 0.2) is 18.2 Å². The summed E-state index contributed by atoms with van der Waals surface area (Å²) in [7, 11) is 6.48. The molecular weight excluding hydrogens is 273 g/mol. The van der Waals surface area contributed by atoms with Crippen LogP contribution in [-0.4, -0.2) is 38.8 Å². The Balaban J connectivity index is 0. The lowest BCUT2D eigenvalue weighted by Gasteiger charge is -2.23. The third kappa shape index (κ3) is 7.48. The quantitative estimate of drug-likeness (QED) is 0.406. The van der Waals surface area contributed by atoms with Crippen LogP contribution in [0.25, 0.3) is 0 Å². The highest BCUT2D eigenvalue weighted by Gasteiger charge is 2.06. The molecule has 0 saturated carbocycles. The Labute approximate surface area is 122 Å². The van der Waals surface area contributed by atoms with Gasteiger partial charge < -0.3 is 33.1 Å². The van der Waals surface area contributed by atoms with E-state index >= 15 is 0 Å². The van der Waals surface area contributed by atoms with Crippen molar-refractivity contribution in [1.82, 2.24) is 0 Å². The van der Waals surface area contributed by atoms with Crippen molar-refractivity contribution in [3.8, 4) is 5.75 Å². The number of hydrogen-bond acceptors (Lipinski definition) is 3. The number of nitrogen functional groups attached to an aromatic ring is 2. The van der Waals surface area contributed by atoms with Gasteiger partial charge in [0, 0.05) is 18.2 Å². The van der Waals surface area contributed by atoms with Crippen molar-refractivity contribution in [1.29, 1.82) is 0 Å². The van der Waals surface area contributed by atoms with Crippen LogP contribution in [-0.2, 0) is 0 Å². The maximum Gasteiger partial charge on any atom is 0.144 e. The molecule has 106 valence electrons. The highest BCUT2D eigenvalue weighted by atomic mass is 35.5. The number of quaternary nitrogens is 1. The molecular formula is C12H23Cl2N3O. The second-order valence-corrected chi connectivity index (χ2v) is 5.01. The van der Waals surface area contributed by atoms with Gasteiger partial charge in [-0.05, 0) is 12.1 Å². The van der Waals surface area contributed by atoms with Crippen LogP contribution >= 0.6 is 12.4 Å². The molecule has 0 heterocycles. The van der Waals surface area contributed by atoms with E-state index in [4.69, 9.17) is 16.2 Å². The molecule has 0 bridgehead atoms. The first-order valence-electron chi connectivity index (χ1n) is 5.47. The van der Waals surface area contributed by atoms with E-state index in [1.54, 1.807) is 18.2 Å². The highest BCUT2D eigenvalue weighted by molar-refractivity contribution is 5.85. The summed E-state index contributed by atoms with van der Waals surface area (Å²) in [4.78, 5) is 0. The Bertz CT molecular complexity index is 354. The van der Waals surface area contributed by atoms with Gasteiger partial charge in [0.2, 0.25) is 0 Å². The summed E-state index contributed by atoms with van der Waals surface area (Å²) in [5, 5.41) is 0. The molecule has 4 nitrogen and oxygen atoms in total. The van der Waals surface area contributed by atoms with Crippen molar-refractivity contribution in [3.05, 3.63) is 18.2 Å². The molecule has 0 amide bonds. The number of hydrogen-bond donors (Lipinski definition) is 2. The lowest BCUT2D eigenvalue weighted by molar-refractivity contribution is -0.870. The van der Waals surface area contributed by atoms with Gasteiger partial charge in [-0.3, -0.25) is 0 Å². The topological polar surface area (TPSA) is 61.3 Å². The average Bonchev–Trinajstić information content (AvgIpc) is 2.16. The molecule has 0 radical (unpaired) electrons. The Hall–Kier alpha value is -0.840. The lowest BCUT2D eigenvalue weighted by atomic mass is 10.2. The average molecular weight is 296 g/mol. The fourth-order valence-corrected chi connectivity index (χ4v) is 1.40. The molecule has 0 aromatic heterocycles. The predicted octanol–water partition coefficient (Wildman–Crippen LogP) is -1.25. The molecule has 0 atom stereocenters. The minimum absolute atomic E-state index is 0. The summed E-state index contributed by atoms with van der Waals surface area (Å²) in [6.45, 7) is 1.74. The molecule has 0 spiro atoms. The van der Waals surface area contributed by atoms with Gasteiger partial charge in [0.15, 0.2) is 0 Å². The predicted molar refractivity (Wildman–Crippen MR) is 75.5 cm³/mol. The Morgan fingerprint density at radius 2 is 1.78 bits per heavy atom. The van der Waals surface area contributed by atoms with Gasteiger partial charge in [0.25, 0.3) is 0 Å². The molecule has 1 aromatic rings. The standard InChI is InChI=1S/C12H22N3O.2ClH/c1-15(2,3)7-4-8-16-12-9-10(13)5-6-11(12)14;;/h5-6,9H,4,7-8,13-14H2,1-3H3;2*1H/q+1;;/p-1. The van der Waals surface area contributed by atoms with Crippen LogP contribution in [0.5, 0.6) is 5.75 Å². The molecule has 4 N–H and O–H groups in total. The number of halogens is 2. The molecule has 0 aliphatic heterocycles. The van der Waals surface area contributed by atoms with Crippen LogP contribution in [0.1, 0.15) is 6.42 Å². The number of ether oxygens (including phenoxy) is 1. The van der Waals surface area contributed by atoms with Crippen molar-refractivity contribution >= 4 is 23.8 Å². The van der Waals surface area contributed by atoms with Gasteiger partial charge in [0.05, 0.1) is 40.0 Å². The van der Waals surface area contributed by atoms with Crippen LogP contribution in [0, 0.1) is 0 Å². The smallest absolute Gasteiger partial charge is 0.144 e. The number of rotatable bonds is 5. The summed E-state index contributed by atoms with van der Waals surface area (Å²) < 4.78 is 6.54. The first-order valence-corrected chi connectivity index (χ1v) is 5.47. The second-order valence-electron chi connectivity index (χ2n) is 5.01. The molecule has 0 saturated heterocycles. The Kier molecular flexibility index (Phi) is 8.99. The Morgan fingerprint density at radius 3 is 2.33 bits per heavy atom. The molecule has 0 aliphatic rings. The van der Waals surface area contributed by atoms with Crippen molar-refractivity contribution in [2.75, 3.05) is 45.8 Å². The maximum atomic E-state index is 5.77. The van der Waals surface area contributed by atoms with Crippen molar-refractivity contribution in [2.45, 2.75) is 6.42 Å². The lowest BCUT2D eigenvalue weighted by Crippen LogP contribution is -3.00. The molecule has 1 aromatic carbocycles. The van der Waals surface area contributed by atoms with E-state index in [9.17, 15) is 0 Å². The van der Waals surface area contributed by atoms with Gasteiger partial charge in [-0.2, -0.15) is 0 Å². The highest BCUT2D eigenvalue weighted by Crippen LogP contribution is 2.23. The molecule has 6 heteroatoms. The molecule has 18 heavy (non-hydrogen) atoms. The number of benzene rings is 1. The SMILES string of the molecule is C[N+](C)(C)CCCOc1cc(N)ccc1N.Cl.[Cl-]. The Morgan fingerprint density at radius 1 is 1.17 bits per heavy atom. The van der Waals surface area contributed by atoms with Gasteiger partial charge in [-0.1, -0.05) is 0 Å². The number of anilines is 2. The largest absolute Gasteiger partial charge is 1.00 e. The van der Waals surface area contributed by atoms with E-state index in [1.807, 2.05) is 0 Å². The number of nitrogens with zero attached hydrogens (tertiary/aromatic N) is 1. The van der Waals surface area contributed by atoms with Gasteiger partial charge >= 0.3 is 0 Å². The van der Waals surface area contributed by atoms with E-state index in [0.29, 0.717) is 23.7 Å². The van der Waals surface area contributed by atoms with E-state index < -0.39 is 0 Å². The van der Waals surface area contributed by atoms with Crippen LogP contribution in [0.4, 0.5) is 11.4 Å². The fraction of sp³-hybridized carbons (Fsp3) is 0.500. The molecule has 0 unspecified atom stereocenters. The minimum Gasteiger partial charge on any atom is -1.00 e.